The van der Waals surface area contributed by atoms with Gasteiger partial charge in [-0.25, -0.2) is 0 Å². The molecule has 0 aromatic rings. The van der Waals surface area contributed by atoms with E-state index in [1.165, 1.54) is 19.4 Å². The van der Waals surface area contributed by atoms with Crippen molar-refractivity contribution in [3.63, 3.8) is 0 Å². The summed E-state index contributed by atoms with van der Waals surface area (Å²) >= 11 is 0. The molecule has 2 heterocycles. The molecule has 1 amide bonds. The van der Waals surface area contributed by atoms with Crippen molar-refractivity contribution in [1.29, 1.82) is 5.26 Å². The fraction of sp³-hybridized carbons (Fsp3) is 0.857. The SMILES string of the molecule is N#CC1(C(=O)N2CCN3CCCC3C2)CCCC1. The Bertz CT molecular complexity index is 381. The summed E-state index contributed by atoms with van der Waals surface area (Å²) in [4.78, 5) is 17.1. The van der Waals surface area contributed by atoms with Gasteiger partial charge >= 0.3 is 0 Å². The van der Waals surface area contributed by atoms with Crippen LogP contribution in [0.25, 0.3) is 0 Å². The van der Waals surface area contributed by atoms with Gasteiger partial charge in [0.1, 0.15) is 5.41 Å². The molecule has 0 aromatic carbocycles. The molecule has 0 bridgehead atoms. The Hall–Kier alpha value is -1.08. The molecule has 0 radical (unpaired) electrons. The molecular weight excluding hydrogens is 226 g/mol. The first-order chi connectivity index (χ1) is 8.75. The van der Waals surface area contributed by atoms with Gasteiger partial charge in [-0.15, -0.1) is 0 Å². The fourth-order valence-corrected chi connectivity index (χ4v) is 3.83. The van der Waals surface area contributed by atoms with Crippen molar-refractivity contribution in [1.82, 2.24) is 9.80 Å². The molecule has 98 valence electrons. The third-order valence-electron chi connectivity index (χ3n) is 4.96. The molecule has 2 aliphatic heterocycles. The molecule has 0 N–H and O–H groups in total. The Morgan fingerprint density at radius 3 is 2.67 bits per heavy atom. The number of amides is 1. The highest BCUT2D eigenvalue weighted by Gasteiger charge is 2.45. The van der Waals surface area contributed by atoms with Gasteiger partial charge < -0.3 is 4.90 Å². The van der Waals surface area contributed by atoms with Crippen molar-refractivity contribution in [2.75, 3.05) is 26.2 Å². The molecule has 18 heavy (non-hydrogen) atoms. The van der Waals surface area contributed by atoms with E-state index in [1.807, 2.05) is 4.90 Å². The van der Waals surface area contributed by atoms with Gasteiger partial charge in [-0.05, 0) is 32.2 Å². The molecule has 4 nitrogen and oxygen atoms in total. The number of carbonyl (C=O) groups excluding carboxylic acids is 1. The Labute approximate surface area is 109 Å². The van der Waals surface area contributed by atoms with E-state index in [-0.39, 0.29) is 5.91 Å². The first-order valence-corrected chi connectivity index (χ1v) is 7.20. The molecule has 3 aliphatic rings. The van der Waals surface area contributed by atoms with E-state index >= 15 is 0 Å². The minimum absolute atomic E-state index is 0.119. The average Bonchev–Trinajstić information content (AvgIpc) is 3.06. The van der Waals surface area contributed by atoms with E-state index in [9.17, 15) is 10.1 Å². The Morgan fingerprint density at radius 2 is 1.94 bits per heavy atom. The highest BCUT2D eigenvalue weighted by Crippen LogP contribution is 2.39. The van der Waals surface area contributed by atoms with E-state index in [2.05, 4.69) is 11.0 Å². The second kappa shape index (κ2) is 4.55. The van der Waals surface area contributed by atoms with Gasteiger partial charge in [0.05, 0.1) is 6.07 Å². The van der Waals surface area contributed by atoms with Gasteiger partial charge in [-0.3, -0.25) is 9.69 Å². The van der Waals surface area contributed by atoms with Gasteiger partial charge in [0.25, 0.3) is 0 Å². The lowest BCUT2D eigenvalue weighted by atomic mass is 9.86. The number of piperazine rings is 1. The van der Waals surface area contributed by atoms with Crippen molar-refractivity contribution >= 4 is 5.91 Å². The van der Waals surface area contributed by atoms with Crippen LogP contribution in [0, 0.1) is 16.7 Å². The highest BCUT2D eigenvalue weighted by atomic mass is 16.2. The van der Waals surface area contributed by atoms with Crippen LogP contribution in [-0.2, 0) is 4.79 Å². The van der Waals surface area contributed by atoms with Crippen molar-refractivity contribution in [2.45, 2.75) is 44.6 Å². The largest absolute Gasteiger partial charge is 0.338 e. The molecular formula is C14H21N3O. The molecule has 3 fully saturated rings. The maximum absolute atomic E-state index is 12.6. The number of carbonyl (C=O) groups is 1. The third kappa shape index (κ3) is 1.81. The minimum Gasteiger partial charge on any atom is -0.338 e. The van der Waals surface area contributed by atoms with Crippen molar-refractivity contribution in [2.24, 2.45) is 5.41 Å². The molecule has 0 spiro atoms. The zero-order chi connectivity index (χ0) is 12.6. The molecule has 1 saturated carbocycles. The molecule has 3 rings (SSSR count). The number of hydrogen-bond donors (Lipinski definition) is 0. The van der Waals surface area contributed by atoms with E-state index in [1.54, 1.807) is 0 Å². The second-order valence-corrected chi connectivity index (χ2v) is 5.98. The number of nitriles is 1. The Morgan fingerprint density at radius 1 is 1.17 bits per heavy atom. The summed E-state index contributed by atoms with van der Waals surface area (Å²) in [5.74, 6) is 0.119. The monoisotopic (exact) mass is 247 g/mol. The topological polar surface area (TPSA) is 47.3 Å². The summed E-state index contributed by atoms with van der Waals surface area (Å²) in [6.07, 6.45) is 6.07. The van der Waals surface area contributed by atoms with E-state index in [4.69, 9.17) is 0 Å². The van der Waals surface area contributed by atoms with Crippen LogP contribution in [0.1, 0.15) is 38.5 Å². The lowest BCUT2D eigenvalue weighted by Crippen LogP contribution is -2.55. The number of fused-ring (bicyclic) bond motifs is 1. The minimum atomic E-state index is -0.680. The summed E-state index contributed by atoms with van der Waals surface area (Å²) in [6, 6.07) is 2.88. The predicted molar refractivity (Wildman–Crippen MR) is 67.7 cm³/mol. The van der Waals surface area contributed by atoms with Crippen LogP contribution in [0.15, 0.2) is 0 Å². The van der Waals surface area contributed by atoms with Gasteiger partial charge in [0.15, 0.2) is 0 Å². The van der Waals surface area contributed by atoms with E-state index < -0.39 is 5.41 Å². The predicted octanol–water partition coefficient (Wildman–Crippen LogP) is 1.38. The van der Waals surface area contributed by atoms with E-state index in [0.29, 0.717) is 6.04 Å². The second-order valence-electron chi connectivity index (χ2n) is 5.98. The van der Waals surface area contributed by atoms with Crippen LogP contribution in [0.2, 0.25) is 0 Å². The van der Waals surface area contributed by atoms with Crippen LogP contribution in [0.5, 0.6) is 0 Å². The van der Waals surface area contributed by atoms with Crippen molar-refractivity contribution in [3.8, 4) is 6.07 Å². The zero-order valence-corrected chi connectivity index (χ0v) is 10.9. The smallest absolute Gasteiger partial charge is 0.243 e. The molecule has 4 heteroatoms. The average molecular weight is 247 g/mol. The van der Waals surface area contributed by atoms with Gasteiger partial charge in [-0.1, -0.05) is 12.8 Å². The molecule has 0 aromatic heterocycles. The summed E-state index contributed by atoms with van der Waals surface area (Å²) < 4.78 is 0. The molecule has 1 unspecified atom stereocenters. The van der Waals surface area contributed by atoms with Crippen molar-refractivity contribution in [3.05, 3.63) is 0 Å². The van der Waals surface area contributed by atoms with Crippen molar-refractivity contribution < 1.29 is 4.79 Å². The molecule has 2 saturated heterocycles. The third-order valence-corrected chi connectivity index (χ3v) is 4.96. The number of hydrogen-bond acceptors (Lipinski definition) is 3. The van der Waals surface area contributed by atoms with Crippen LogP contribution >= 0.6 is 0 Å². The van der Waals surface area contributed by atoms with Gasteiger partial charge in [0.2, 0.25) is 5.91 Å². The summed E-state index contributed by atoms with van der Waals surface area (Å²) in [6.45, 7) is 3.86. The van der Waals surface area contributed by atoms with Crippen LogP contribution in [-0.4, -0.2) is 47.9 Å². The maximum Gasteiger partial charge on any atom is 0.243 e. The first kappa shape index (κ1) is 12.0. The lowest BCUT2D eigenvalue weighted by Gasteiger charge is -2.40. The Balaban J connectivity index is 1.71. The zero-order valence-electron chi connectivity index (χ0n) is 10.9. The summed E-state index contributed by atoms with van der Waals surface area (Å²) in [7, 11) is 0. The normalized spacial score (nSPS) is 31.1. The highest BCUT2D eigenvalue weighted by molar-refractivity contribution is 5.86. The maximum atomic E-state index is 12.6. The first-order valence-electron chi connectivity index (χ1n) is 7.20. The van der Waals surface area contributed by atoms with Gasteiger partial charge in [0, 0.05) is 25.7 Å². The Kier molecular flexibility index (Phi) is 3.03. The summed E-state index contributed by atoms with van der Waals surface area (Å²) in [5.41, 5.74) is -0.680. The lowest BCUT2D eigenvalue weighted by molar-refractivity contribution is -0.141. The molecule has 1 atom stereocenters. The standard InChI is InChI=1S/C14H21N3O/c15-11-14(5-1-2-6-14)13(18)17-9-8-16-7-3-4-12(16)10-17/h12H,1-10H2. The van der Waals surface area contributed by atoms with Crippen LogP contribution in [0.3, 0.4) is 0 Å². The van der Waals surface area contributed by atoms with Crippen LogP contribution in [0.4, 0.5) is 0 Å². The molecule has 1 aliphatic carbocycles. The number of rotatable bonds is 1. The van der Waals surface area contributed by atoms with Gasteiger partial charge in [-0.2, -0.15) is 5.26 Å². The number of nitrogens with zero attached hydrogens (tertiary/aromatic N) is 3. The van der Waals surface area contributed by atoms with E-state index in [0.717, 1.165) is 45.3 Å². The quantitative estimate of drug-likeness (QED) is 0.703. The van der Waals surface area contributed by atoms with Crippen LogP contribution < -0.4 is 0 Å². The summed E-state index contributed by atoms with van der Waals surface area (Å²) in [5, 5.41) is 9.40. The fourth-order valence-electron chi connectivity index (χ4n) is 3.83.